The van der Waals surface area contributed by atoms with Crippen LogP contribution in [0.4, 0.5) is 17.3 Å². The van der Waals surface area contributed by atoms with Gasteiger partial charge in [0.15, 0.2) is 5.65 Å². The molecule has 0 spiro atoms. The first-order chi connectivity index (χ1) is 14.9. The predicted octanol–water partition coefficient (Wildman–Crippen LogP) is 1.91. The van der Waals surface area contributed by atoms with Crippen LogP contribution in [0.3, 0.4) is 0 Å². The van der Waals surface area contributed by atoms with E-state index in [1.54, 1.807) is 10.7 Å². The minimum atomic E-state index is -0.120. The van der Waals surface area contributed by atoms with Gasteiger partial charge in [-0.3, -0.25) is 4.79 Å². The van der Waals surface area contributed by atoms with Crippen molar-refractivity contribution in [1.82, 2.24) is 14.6 Å². The molecular weight excluding hydrogens is 391 g/mol. The Morgan fingerprint density at radius 1 is 1.29 bits per heavy atom. The molecule has 4 rings (SSSR count). The summed E-state index contributed by atoms with van der Waals surface area (Å²) in [5, 5.41) is 23.6. The number of nitrogens with one attached hydrogen (secondary N) is 3. The quantitative estimate of drug-likeness (QED) is 0.396. The van der Waals surface area contributed by atoms with Gasteiger partial charge < -0.3 is 21.1 Å². The third-order valence-electron chi connectivity index (χ3n) is 5.48. The fourth-order valence-electron chi connectivity index (χ4n) is 3.28. The largest absolute Gasteiger partial charge is 0.394 e. The second kappa shape index (κ2) is 8.97. The lowest BCUT2D eigenvalue weighted by atomic mass is 10.0. The van der Waals surface area contributed by atoms with Crippen LogP contribution in [0.25, 0.3) is 5.65 Å². The maximum atomic E-state index is 11.9. The fourth-order valence-corrected chi connectivity index (χ4v) is 3.28. The van der Waals surface area contributed by atoms with E-state index in [0.29, 0.717) is 23.5 Å². The number of hydrogen-bond donors (Lipinski definition) is 4. The Balaban J connectivity index is 1.48. The highest BCUT2D eigenvalue weighted by molar-refractivity contribution is 6.36. The van der Waals surface area contributed by atoms with E-state index in [4.69, 9.17) is 7.85 Å². The van der Waals surface area contributed by atoms with Crippen LogP contribution in [0, 0.1) is 11.8 Å². The molecule has 0 saturated heterocycles. The van der Waals surface area contributed by atoms with Crippen molar-refractivity contribution in [2.24, 2.45) is 11.8 Å². The molecule has 0 aliphatic heterocycles. The van der Waals surface area contributed by atoms with Gasteiger partial charge in [-0.15, -0.1) is 0 Å². The summed E-state index contributed by atoms with van der Waals surface area (Å²) >= 11 is 0. The number of amides is 1. The van der Waals surface area contributed by atoms with Gasteiger partial charge in [0.2, 0.25) is 5.91 Å². The number of anilines is 3. The molecule has 4 N–H and O–H groups in total. The number of aromatic nitrogens is 3. The number of carbonyl (C=O) groups is 1. The molecule has 1 aliphatic carbocycles. The number of nitrogens with zero attached hydrogens (tertiary/aromatic N) is 3. The predicted molar refractivity (Wildman–Crippen MR) is 123 cm³/mol. The third kappa shape index (κ3) is 4.99. The molecular formula is C22H27BN6O2. The first kappa shape index (κ1) is 21.2. The minimum Gasteiger partial charge on any atom is -0.394 e. The van der Waals surface area contributed by atoms with E-state index in [1.807, 2.05) is 44.2 Å². The minimum absolute atomic E-state index is 0.00562. The van der Waals surface area contributed by atoms with Crippen molar-refractivity contribution in [3.05, 3.63) is 42.1 Å². The van der Waals surface area contributed by atoms with Gasteiger partial charge in [-0.25, -0.2) is 4.98 Å². The Labute approximate surface area is 182 Å². The Hall–Kier alpha value is -3.07. The molecule has 1 fully saturated rings. The summed E-state index contributed by atoms with van der Waals surface area (Å²) in [4.78, 5) is 16.5. The van der Waals surface area contributed by atoms with E-state index >= 15 is 0 Å². The first-order valence-electron chi connectivity index (χ1n) is 10.6. The summed E-state index contributed by atoms with van der Waals surface area (Å²) in [5.74, 6) is 1.87. The molecule has 0 bridgehead atoms. The molecule has 31 heavy (non-hydrogen) atoms. The van der Waals surface area contributed by atoms with E-state index in [-0.39, 0.29) is 30.4 Å². The zero-order valence-electron chi connectivity index (χ0n) is 17.8. The lowest BCUT2D eigenvalue weighted by molar-refractivity contribution is -0.117. The normalized spacial score (nSPS) is 14.6. The summed E-state index contributed by atoms with van der Waals surface area (Å²) < 4.78 is 1.66. The topological polar surface area (TPSA) is 104 Å². The van der Waals surface area contributed by atoms with E-state index in [9.17, 15) is 9.90 Å². The summed E-state index contributed by atoms with van der Waals surface area (Å²) in [6.07, 6.45) is 3.54. The highest BCUT2D eigenvalue weighted by atomic mass is 16.3. The zero-order valence-corrected chi connectivity index (χ0v) is 17.8. The van der Waals surface area contributed by atoms with Crippen LogP contribution in [0.5, 0.6) is 0 Å². The van der Waals surface area contributed by atoms with Crippen LogP contribution in [-0.4, -0.2) is 46.1 Å². The molecule has 1 saturated carbocycles. The second-order valence-electron chi connectivity index (χ2n) is 8.35. The molecule has 1 aromatic carbocycles. The fraction of sp³-hybridized carbons (Fsp3) is 0.409. The van der Waals surface area contributed by atoms with Crippen molar-refractivity contribution in [3.8, 4) is 0 Å². The summed E-state index contributed by atoms with van der Waals surface area (Å²) in [7, 11) is 6.04. The molecule has 9 heteroatoms. The maximum absolute atomic E-state index is 11.9. The lowest BCUT2D eigenvalue weighted by Crippen LogP contribution is -2.30. The van der Waals surface area contributed by atoms with Crippen LogP contribution in [-0.2, 0) is 11.3 Å². The van der Waals surface area contributed by atoms with Gasteiger partial charge in [0.05, 0.1) is 12.6 Å². The standard InChI is InChI=1S/C22H27BN6O2/c1-13(2)18(12-30)27-19-9-20(29-21(28-19)17(23)11-25-29)24-10-14-3-7-16(8-4-14)26-22(31)15-5-6-15/h3-4,7-9,11,13,15,18,24,30H,5-6,10,12H2,1-2H3,(H,26,31)(H,27,28)/t18-/m0/s1. The molecule has 1 amide bonds. The van der Waals surface area contributed by atoms with Gasteiger partial charge in [0.1, 0.15) is 19.5 Å². The number of aliphatic hydroxyl groups excluding tert-OH is 1. The highest BCUT2D eigenvalue weighted by Crippen LogP contribution is 2.30. The van der Waals surface area contributed by atoms with Crippen molar-refractivity contribution in [2.45, 2.75) is 39.3 Å². The molecule has 2 radical (unpaired) electrons. The molecule has 8 nitrogen and oxygen atoms in total. The third-order valence-corrected chi connectivity index (χ3v) is 5.48. The van der Waals surface area contributed by atoms with Crippen molar-refractivity contribution < 1.29 is 9.90 Å². The van der Waals surface area contributed by atoms with Crippen LogP contribution in [0.2, 0.25) is 0 Å². The Morgan fingerprint density at radius 2 is 2.03 bits per heavy atom. The van der Waals surface area contributed by atoms with Crippen LogP contribution < -0.4 is 21.4 Å². The summed E-state index contributed by atoms with van der Waals surface area (Å²) in [6.45, 7) is 4.64. The SMILES string of the molecule is [B]c1cnn2c(NCc3ccc(NC(=O)C4CC4)cc3)cc(N[C@@H](CO)C(C)C)nc12. The lowest BCUT2D eigenvalue weighted by Gasteiger charge is -2.21. The Bertz CT molecular complexity index is 1060. The van der Waals surface area contributed by atoms with Gasteiger partial charge in [0.25, 0.3) is 0 Å². The zero-order chi connectivity index (χ0) is 22.0. The summed E-state index contributed by atoms with van der Waals surface area (Å²) in [6, 6.07) is 9.51. The molecule has 2 aromatic heterocycles. The van der Waals surface area contributed by atoms with Gasteiger partial charge in [-0.1, -0.05) is 26.0 Å². The Kier molecular flexibility index (Phi) is 6.13. The first-order valence-corrected chi connectivity index (χ1v) is 10.6. The average molecular weight is 418 g/mol. The average Bonchev–Trinajstić information content (AvgIpc) is 3.55. The van der Waals surface area contributed by atoms with Gasteiger partial charge in [0, 0.05) is 30.4 Å². The van der Waals surface area contributed by atoms with Gasteiger partial charge >= 0.3 is 0 Å². The van der Waals surface area contributed by atoms with E-state index < -0.39 is 0 Å². The number of fused-ring (bicyclic) bond motifs is 1. The Morgan fingerprint density at radius 3 is 2.68 bits per heavy atom. The van der Waals surface area contributed by atoms with Crippen molar-refractivity contribution in [2.75, 3.05) is 22.6 Å². The molecule has 1 aliphatic rings. The van der Waals surface area contributed by atoms with Crippen LogP contribution in [0.1, 0.15) is 32.3 Å². The molecule has 1 atom stereocenters. The molecule has 2 heterocycles. The van der Waals surface area contributed by atoms with Crippen molar-refractivity contribution in [1.29, 1.82) is 0 Å². The molecule has 0 unspecified atom stereocenters. The number of rotatable bonds is 9. The van der Waals surface area contributed by atoms with Crippen molar-refractivity contribution >= 4 is 42.2 Å². The van der Waals surface area contributed by atoms with Crippen molar-refractivity contribution in [3.63, 3.8) is 0 Å². The van der Waals surface area contributed by atoms with Gasteiger partial charge in [-0.2, -0.15) is 9.61 Å². The number of benzene rings is 1. The molecule has 3 aromatic rings. The maximum Gasteiger partial charge on any atom is 0.227 e. The van der Waals surface area contributed by atoms with Gasteiger partial charge in [-0.05, 0) is 41.9 Å². The highest BCUT2D eigenvalue weighted by Gasteiger charge is 2.29. The number of carbonyl (C=O) groups excluding carboxylic acids is 1. The van der Waals surface area contributed by atoms with E-state index in [1.165, 1.54) is 0 Å². The van der Waals surface area contributed by atoms with E-state index in [0.717, 1.165) is 29.9 Å². The second-order valence-corrected chi connectivity index (χ2v) is 8.35. The van der Waals surface area contributed by atoms with E-state index in [2.05, 4.69) is 26.0 Å². The van der Waals surface area contributed by atoms with Crippen LogP contribution in [0.15, 0.2) is 36.5 Å². The molecule has 160 valence electrons. The smallest absolute Gasteiger partial charge is 0.227 e. The summed E-state index contributed by atoms with van der Waals surface area (Å²) in [5.41, 5.74) is 2.89. The number of hydrogen-bond acceptors (Lipinski definition) is 6. The van der Waals surface area contributed by atoms with Crippen LogP contribution >= 0.6 is 0 Å². The number of aliphatic hydroxyl groups is 1. The monoisotopic (exact) mass is 418 g/mol.